The van der Waals surface area contributed by atoms with Crippen LogP contribution in [-0.4, -0.2) is 86.3 Å². The standard InChI is InChI=1S/C16H26N4O10/c1-6(16(29)30)18-15(28)12(7(2)21)20-14(27)9(3-4-10(22)23)19-13(26)8(17)5-11(24)25/h6-9,12,21H,3-5,17H2,1-2H3,(H,18,28)(H,19,26)(H,20,27)(H,22,23)(H,24,25)(H,29,30). The number of aliphatic hydroxyl groups excluding tert-OH is 1. The number of carboxylic acids is 3. The van der Waals surface area contributed by atoms with Crippen molar-refractivity contribution < 1.29 is 49.2 Å². The van der Waals surface area contributed by atoms with Gasteiger partial charge in [-0.25, -0.2) is 0 Å². The van der Waals surface area contributed by atoms with Crippen LogP contribution in [0.3, 0.4) is 0 Å². The molecular formula is C16H26N4O10. The van der Waals surface area contributed by atoms with Gasteiger partial charge in [-0.2, -0.15) is 0 Å². The van der Waals surface area contributed by atoms with Crippen molar-refractivity contribution in [3.63, 3.8) is 0 Å². The maximum Gasteiger partial charge on any atom is 0.325 e. The number of hydrogen-bond acceptors (Lipinski definition) is 8. The molecule has 0 heterocycles. The molecule has 0 aromatic carbocycles. The molecule has 0 saturated heterocycles. The lowest BCUT2D eigenvalue weighted by atomic mass is 10.1. The first-order valence-electron chi connectivity index (χ1n) is 8.77. The van der Waals surface area contributed by atoms with E-state index in [1.165, 1.54) is 0 Å². The number of hydrogen-bond donors (Lipinski definition) is 8. The fourth-order valence-electron chi connectivity index (χ4n) is 2.12. The van der Waals surface area contributed by atoms with Crippen LogP contribution in [0.2, 0.25) is 0 Å². The Morgan fingerprint density at radius 3 is 1.83 bits per heavy atom. The van der Waals surface area contributed by atoms with Crippen molar-refractivity contribution in [3.8, 4) is 0 Å². The van der Waals surface area contributed by atoms with Crippen molar-refractivity contribution in [2.24, 2.45) is 5.73 Å². The van der Waals surface area contributed by atoms with Crippen LogP contribution in [0, 0.1) is 0 Å². The summed E-state index contributed by atoms with van der Waals surface area (Å²) in [6.45, 7) is 2.30. The zero-order valence-electron chi connectivity index (χ0n) is 16.3. The molecule has 0 fully saturated rings. The molecule has 14 nitrogen and oxygen atoms in total. The number of nitrogens with two attached hydrogens (primary N) is 1. The van der Waals surface area contributed by atoms with Gasteiger partial charge >= 0.3 is 17.9 Å². The number of aliphatic carboxylic acids is 3. The highest BCUT2D eigenvalue weighted by atomic mass is 16.4. The van der Waals surface area contributed by atoms with Crippen LogP contribution in [0.15, 0.2) is 0 Å². The van der Waals surface area contributed by atoms with E-state index in [2.05, 4.69) is 16.0 Å². The van der Waals surface area contributed by atoms with Crippen LogP contribution >= 0.6 is 0 Å². The summed E-state index contributed by atoms with van der Waals surface area (Å²) in [4.78, 5) is 68.9. The second-order valence-electron chi connectivity index (χ2n) is 6.49. The molecule has 14 heteroatoms. The molecule has 0 aliphatic heterocycles. The molecule has 0 aliphatic rings. The first-order valence-corrected chi connectivity index (χ1v) is 8.77. The molecule has 170 valence electrons. The smallest absolute Gasteiger partial charge is 0.325 e. The number of carboxylic acid groups (broad SMARTS) is 3. The van der Waals surface area contributed by atoms with E-state index in [4.69, 9.17) is 21.1 Å². The van der Waals surface area contributed by atoms with E-state index in [1.807, 2.05) is 0 Å². The molecule has 0 saturated carbocycles. The molecular weight excluding hydrogens is 408 g/mol. The largest absolute Gasteiger partial charge is 0.481 e. The number of rotatable bonds is 13. The van der Waals surface area contributed by atoms with Gasteiger partial charge in [0.2, 0.25) is 17.7 Å². The second kappa shape index (κ2) is 12.3. The van der Waals surface area contributed by atoms with Gasteiger partial charge in [-0.3, -0.25) is 28.8 Å². The van der Waals surface area contributed by atoms with E-state index < -0.39 is 85.2 Å². The maximum atomic E-state index is 12.5. The summed E-state index contributed by atoms with van der Waals surface area (Å²) in [5.74, 6) is -7.16. The summed E-state index contributed by atoms with van der Waals surface area (Å²) in [7, 11) is 0. The van der Waals surface area contributed by atoms with Crippen LogP contribution in [-0.2, 0) is 28.8 Å². The average molecular weight is 434 g/mol. The molecule has 0 aliphatic carbocycles. The molecule has 5 atom stereocenters. The fraction of sp³-hybridized carbons (Fsp3) is 0.625. The molecule has 0 aromatic heterocycles. The molecule has 5 unspecified atom stereocenters. The molecule has 0 radical (unpaired) electrons. The van der Waals surface area contributed by atoms with Crippen LogP contribution in [0.1, 0.15) is 33.1 Å². The van der Waals surface area contributed by atoms with E-state index in [0.29, 0.717) is 0 Å². The van der Waals surface area contributed by atoms with E-state index in [1.54, 1.807) is 0 Å². The highest BCUT2D eigenvalue weighted by molar-refractivity contribution is 5.95. The zero-order chi connectivity index (χ0) is 23.6. The SMILES string of the molecule is CC(NC(=O)C(NC(=O)C(CCC(=O)O)NC(=O)C(N)CC(=O)O)C(C)O)C(=O)O. The van der Waals surface area contributed by atoms with Crippen LogP contribution in [0.5, 0.6) is 0 Å². The minimum Gasteiger partial charge on any atom is -0.481 e. The number of amides is 3. The van der Waals surface area contributed by atoms with Gasteiger partial charge in [0.1, 0.15) is 18.1 Å². The Bertz CT molecular complexity index is 681. The molecule has 30 heavy (non-hydrogen) atoms. The van der Waals surface area contributed by atoms with Gasteiger partial charge in [0.05, 0.1) is 18.6 Å². The summed E-state index contributed by atoms with van der Waals surface area (Å²) < 4.78 is 0. The Labute approximate surface area is 170 Å². The highest BCUT2D eigenvalue weighted by Gasteiger charge is 2.32. The second-order valence-corrected chi connectivity index (χ2v) is 6.49. The number of carbonyl (C=O) groups excluding carboxylic acids is 3. The lowest BCUT2D eigenvalue weighted by Crippen LogP contribution is -2.59. The summed E-state index contributed by atoms with van der Waals surface area (Å²) in [5.41, 5.74) is 5.40. The van der Waals surface area contributed by atoms with Gasteiger partial charge in [-0.05, 0) is 20.3 Å². The summed E-state index contributed by atoms with van der Waals surface area (Å²) in [6, 6.07) is -5.97. The minimum absolute atomic E-state index is 0.424. The molecule has 0 rings (SSSR count). The van der Waals surface area contributed by atoms with Crippen molar-refractivity contribution in [2.75, 3.05) is 0 Å². The van der Waals surface area contributed by atoms with Crippen molar-refractivity contribution in [1.29, 1.82) is 0 Å². The van der Waals surface area contributed by atoms with E-state index >= 15 is 0 Å². The van der Waals surface area contributed by atoms with Gasteiger partial charge in [0.25, 0.3) is 0 Å². The Morgan fingerprint density at radius 2 is 1.40 bits per heavy atom. The van der Waals surface area contributed by atoms with E-state index in [-0.39, 0.29) is 0 Å². The molecule has 0 aromatic rings. The third kappa shape index (κ3) is 9.79. The van der Waals surface area contributed by atoms with Crippen molar-refractivity contribution in [1.82, 2.24) is 16.0 Å². The lowest BCUT2D eigenvalue weighted by Gasteiger charge is -2.25. The first kappa shape index (κ1) is 26.7. The Hall–Kier alpha value is -3.26. The van der Waals surface area contributed by atoms with Crippen LogP contribution < -0.4 is 21.7 Å². The predicted octanol–water partition coefficient (Wildman–Crippen LogP) is -3.41. The predicted molar refractivity (Wildman–Crippen MR) is 97.9 cm³/mol. The van der Waals surface area contributed by atoms with Crippen molar-refractivity contribution >= 4 is 35.6 Å². The molecule has 9 N–H and O–H groups in total. The fourth-order valence-corrected chi connectivity index (χ4v) is 2.12. The van der Waals surface area contributed by atoms with Gasteiger partial charge in [-0.1, -0.05) is 0 Å². The number of nitrogens with one attached hydrogen (secondary N) is 3. The quantitative estimate of drug-likeness (QED) is 0.142. The summed E-state index contributed by atoms with van der Waals surface area (Å²) in [5, 5.41) is 42.4. The normalized spacial score (nSPS) is 15.6. The third-order valence-corrected chi connectivity index (χ3v) is 3.80. The highest BCUT2D eigenvalue weighted by Crippen LogP contribution is 2.03. The summed E-state index contributed by atoms with van der Waals surface area (Å²) >= 11 is 0. The van der Waals surface area contributed by atoms with Gasteiger partial charge in [0, 0.05) is 6.42 Å². The van der Waals surface area contributed by atoms with Gasteiger partial charge < -0.3 is 42.1 Å². The molecule has 0 spiro atoms. The lowest BCUT2D eigenvalue weighted by molar-refractivity contribution is -0.142. The van der Waals surface area contributed by atoms with Crippen molar-refractivity contribution in [2.45, 2.75) is 63.4 Å². The topological polar surface area (TPSA) is 245 Å². The van der Waals surface area contributed by atoms with Crippen LogP contribution in [0.4, 0.5) is 0 Å². The maximum absolute atomic E-state index is 12.5. The summed E-state index contributed by atoms with van der Waals surface area (Å²) in [6.07, 6.45) is -3.20. The Kier molecular flexibility index (Phi) is 11.0. The average Bonchev–Trinajstić information content (AvgIpc) is 2.61. The Balaban J connectivity index is 5.36. The van der Waals surface area contributed by atoms with Gasteiger partial charge in [0.15, 0.2) is 0 Å². The molecule has 3 amide bonds. The number of aliphatic hydroxyl groups is 1. The van der Waals surface area contributed by atoms with E-state index in [9.17, 15) is 33.9 Å². The van der Waals surface area contributed by atoms with Crippen LogP contribution in [0.25, 0.3) is 0 Å². The zero-order valence-corrected chi connectivity index (χ0v) is 16.3. The molecule has 0 bridgehead atoms. The Morgan fingerprint density at radius 1 is 0.833 bits per heavy atom. The van der Waals surface area contributed by atoms with E-state index in [0.717, 1.165) is 13.8 Å². The monoisotopic (exact) mass is 434 g/mol. The first-order chi connectivity index (χ1) is 13.8. The third-order valence-electron chi connectivity index (χ3n) is 3.80. The minimum atomic E-state index is -1.61. The van der Waals surface area contributed by atoms with Gasteiger partial charge in [-0.15, -0.1) is 0 Å². The van der Waals surface area contributed by atoms with Crippen molar-refractivity contribution in [3.05, 3.63) is 0 Å². The number of carbonyl (C=O) groups is 6.